The Morgan fingerprint density at radius 3 is 2.52 bits per heavy atom. The number of aliphatic hydroxyl groups excluding tert-OH is 1. The van der Waals surface area contributed by atoms with Crippen LogP contribution in [0.5, 0.6) is 0 Å². The zero-order valence-electron chi connectivity index (χ0n) is 16.9. The molecule has 1 aliphatic heterocycles. The highest BCUT2D eigenvalue weighted by atomic mass is 16.5. The number of likely N-dealkylation sites (tertiary alicyclic amines) is 1. The lowest BCUT2D eigenvalue weighted by Crippen LogP contribution is -2.37. The number of amides is 2. The maximum absolute atomic E-state index is 13.0. The van der Waals surface area contributed by atoms with Crippen LogP contribution in [0, 0.1) is 12.8 Å². The zero-order valence-corrected chi connectivity index (χ0v) is 16.9. The molecule has 2 aromatic rings. The summed E-state index contributed by atoms with van der Waals surface area (Å²) < 4.78 is 5.17. The molecule has 0 saturated carbocycles. The van der Waals surface area contributed by atoms with Gasteiger partial charge in [-0.15, -0.1) is 0 Å². The first-order valence-corrected chi connectivity index (χ1v) is 9.85. The molecule has 2 aromatic carbocycles. The monoisotopic (exact) mass is 396 g/mol. The number of nitrogens with one attached hydrogen (secondary N) is 1. The molecule has 2 N–H and O–H groups in total. The normalized spacial score (nSPS) is 18.9. The molecular formula is C23H28N2O4. The quantitative estimate of drug-likeness (QED) is 0.718. The fraction of sp³-hybridized carbons (Fsp3) is 0.391. The fourth-order valence-electron chi connectivity index (χ4n) is 3.86. The summed E-state index contributed by atoms with van der Waals surface area (Å²) in [4.78, 5) is 27.5. The van der Waals surface area contributed by atoms with E-state index in [4.69, 9.17) is 9.84 Å². The average molecular weight is 396 g/mol. The van der Waals surface area contributed by atoms with E-state index in [0.717, 1.165) is 22.3 Å². The first-order chi connectivity index (χ1) is 14.0. The van der Waals surface area contributed by atoms with Crippen LogP contribution >= 0.6 is 0 Å². The van der Waals surface area contributed by atoms with E-state index in [1.165, 1.54) is 0 Å². The molecule has 1 fully saturated rings. The molecule has 1 aliphatic rings. The molecule has 1 saturated heterocycles. The predicted molar refractivity (Wildman–Crippen MR) is 110 cm³/mol. The van der Waals surface area contributed by atoms with E-state index in [1.807, 2.05) is 55.5 Å². The number of aryl methyl sites for hydroxylation is 1. The lowest BCUT2D eigenvalue weighted by molar-refractivity contribution is -0.129. The second kappa shape index (κ2) is 9.67. The maximum atomic E-state index is 13.0. The highest BCUT2D eigenvalue weighted by molar-refractivity contribution is 5.90. The van der Waals surface area contributed by atoms with Gasteiger partial charge in [-0.25, -0.2) is 0 Å². The second-order valence-corrected chi connectivity index (χ2v) is 7.38. The van der Waals surface area contributed by atoms with E-state index in [1.54, 1.807) is 12.0 Å². The molecule has 0 aliphatic carbocycles. The molecule has 0 radical (unpaired) electrons. The van der Waals surface area contributed by atoms with Crippen LogP contribution in [0.25, 0.3) is 0 Å². The average Bonchev–Trinajstić information content (AvgIpc) is 3.07. The molecule has 154 valence electrons. The van der Waals surface area contributed by atoms with Crippen molar-refractivity contribution in [2.45, 2.75) is 32.5 Å². The third kappa shape index (κ3) is 4.83. The highest BCUT2D eigenvalue weighted by Crippen LogP contribution is 2.39. The SMILES string of the molecule is COCCN1C(=O)C[C@@H](C(=O)NCc2ccc(CO)cc2)[C@@H]1c1ccccc1C. The minimum Gasteiger partial charge on any atom is -0.392 e. The standard InChI is InChI=1S/C23H28N2O4/c1-16-5-3-4-6-19(16)22-20(13-21(27)25(22)11-12-29-2)23(28)24-14-17-7-9-18(15-26)10-8-17/h3-10,20,22,26H,11-15H2,1-2H3,(H,24,28)/t20-,22+/m1/s1. The Bertz CT molecular complexity index is 850. The van der Waals surface area contributed by atoms with Gasteiger partial charge in [-0.2, -0.15) is 0 Å². The minimum atomic E-state index is -0.447. The predicted octanol–water partition coefficient (Wildman–Crippen LogP) is 2.34. The van der Waals surface area contributed by atoms with Crippen molar-refractivity contribution in [3.8, 4) is 0 Å². The summed E-state index contributed by atoms with van der Waals surface area (Å²) >= 11 is 0. The van der Waals surface area contributed by atoms with Crippen LogP contribution in [0.1, 0.15) is 34.7 Å². The molecular weight excluding hydrogens is 368 g/mol. The van der Waals surface area contributed by atoms with Gasteiger partial charge >= 0.3 is 0 Å². The first-order valence-electron chi connectivity index (χ1n) is 9.85. The highest BCUT2D eigenvalue weighted by Gasteiger charge is 2.44. The minimum absolute atomic E-state index is 0.00770. The van der Waals surface area contributed by atoms with Crippen LogP contribution in [0.2, 0.25) is 0 Å². The molecule has 6 heteroatoms. The summed E-state index contributed by atoms with van der Waals surface area (Å²) in [6.07, 6.45) is 0.192. The van der Waals surface area contributed by atoms with Crippen molar-refractivity contribution in [3.05, 3.63) is 70.8 Å². The molecule has 2 amide bonds. The number of hydrogen-bond donors (Lipinski definition) is 2. The number of carbonyl (C=O) groups excluding carboxylic acids is 2. The van der Waals surface area contributed by atoms with E-state index < -0.39 is 5.92 Å². The van der Waals surface area contributed by atoms with E-state index in [-0.39, 0.29) is 30.9 Å². The van der Waals surface area contributed by atoms with Crippen molar-refractivity contribution in [1.82, 2.24) is 10.2 Å². The van der Waals surface area contributed by atoms with E-state index in [0.29, 0.717) is 19.7 Å². The number of methoxy groups -OCH3 is 1. The number of benzene rings is 2. The Morgan fingerprint density at radius 1 is 1.17 bits per heavy atom. The van der Waals surface area contributed by atoms with Gasteiger partial charge in [0.1, 0.15) is 0 Å². The van der Waals surface area contributed by atoms with Crippen LogP contribution in [0.3, 0.4) is 0 Å². The Kier molecular flexibility index (Phi) is 7.01. The van der Waals surface area contributed by atoms with E-state index in [2.05, 4.69) is 5.32 Å². The number of hydrogen-bond acceptors (Lipinski definition) is 4. The summed E-state index contributed by atoms with van der Waals surface area (Å²) in [6, 6.07) is 15.0. The third-order valence-electron chi connectivity index (χ3n) is 5.48. The molecule has 0 aromatic heterocycles. The van der Waals surface area contributed by atoms with Crippen LogP contribution in [0.15, 0.2) is 48.5 Å². The van der Waals surface area contributed by atoms with Gasteiger partial charge in [0.05, 0.1) is 25.2 Å². The number of carbonyl (C=O) groups is 2. The van der Waals surface area contributed by atoms with Crippen molar-refractivity contribution in [2.24, 2.45) is 5.92 Å². The molecule has 2 atom stereocenters. The van der Waals surface area contributed by atoms with Gasteiger partial charge in [0, 0.05) is 26.6 Å². The zero-order chi connectivity index (χ0) is 20.8. The van der Waals surface area contributed by atoms with Crippen molar-refractivity contribution in [3.63, 3.8) is 0 Å². The van der Waals surface area contributed by atoms with Gasteiger partial charge in [-0.1, -0.05) is 48.5 Å². The van der Waals surface area contributed by atoms with Gasteiger partial charge in [-0.3, -0.25) is 9.59 Å². The summed E-state index contributed by atoms with van der Waals surface area (Å²) in [5.41, 5.74) is 3.84. The number of nitrogens with zero attached hydrogens (tertiary/aromatic N) is 1. The van der Waals surface area contributed by atoms with Crippen LogP contribution in [0.4, 0.5) is 0 Å². The Balaban J connectivity index is 1.78. The smallest absolute Gasteiger partial charge is 0.226 e. The molecule has 0 unspecified atom stereocenters. The largest absolute Gasteiger partial charge is 0.392 e. The lowest BCUT2D eigenvalue weighted by atomic mass is 9.90. The van der Waals surface area contributed by atoms with E-state index in [9.17, 15) is 9.59 Å². The number of ether oxygens (including phenoxy) is 1. The summed E-state index contributed by atoms with van der Waals surface area (Å²) in [5.74, 6) is -0.599. The lowest BCUT2D eigenvalue weighted by Gasteiger charge is -2.29. The van der Waals surface area contributed by atoms with Crippen LogP contribution in [-0.4, -0.2) is 42.1 Å². The van der Waals surface area contributed by atoms with Gasteiger partial charge in [0.2, 0.25) is 11.8 Å². The van der Waals surface area contributed by atoms with Crippen LogP contribution in [-0.2, 0) is 27.5 Å². The second-order valence-electron chi connectivity index (χ2n) is 7.38. The van der Waals surface area contributed by atoms with Gasteiger partial charge < -0.3 is 20.1 Å². The van der Waals surface area contributed by atoms with Gasteiger partial charge in [0.25, 0.3) is 0 Å². The topological polar surface area (TPSA) is 78.9 Å². The molecule has 0 bridgehead atoms. The molecule has 1 heterocycles. The first kappa shape index (κ1) is 21.0. The summed E-state index contributed by atoms with van der Waals surface area (Å²) in [7, 11) is 1.61. The van der Waals surface area contributed by atoms with Crippen molar-refractivity contribution in [2.75, 3.05) is 20.3 Å². The van der Waals surface area contributed by atoms with Crippen molar-refractivity contribution >= 4 is 11.8 Å². The Labute approximate surface area is 171 Å². The van der Waals surface area contributed by atoms with E-state index >= 15 is 0 Å². The maximum Gasteiger partial charge on any atom is 0.226 e. The number of aliphatic hydroxyl groups is 1. The molecule has 3 rings (SSSR count). The van der Waals surface area contributed by atoms with Gasteiger partial charge in [-0.05, 0) is 29.2 Å². The van der Waals surface area contributed by atoms with Crippen molar-refractivity contribution < 1.29 is 19.4 Å². The molecule has 0 spiro atoms. The summed E-state index contributed by atoms with van der Waals surface area (Å²) in [5, 5.41) is 12.1. The molecule has 6 nitrogen and oxygen atoms in total. The van der Waals surface area contributed by atoms with Crippen molar-refractivity contribution in [1.29, 1.82) is 0 Å². The van der Waals surface area contributed by atoms with Gasteiger partial charge in [0.15, 0.2) is 0 Å². The molecule has 29 heavy (non-hydrogen) atoms. The summed E-state index contributed by atoms with van der Waals surface area (Å²) in [6.45, 7) is 3.27. The fourth-order valence-corrected chi connectivity index (χ4v) is 3.86. The number of rotatable bonds is 8. The van der Waals surface area contributed by atoms with Crippen LogP contribution < -0.4 is 5.32 Å². The third-order valence-corrected chi connectivity index (χ3v) is 5.48. The Hall–Kier alpha value is -2.70. The Morgan fingerprint density at radius 2 is 1.86 bits per heavy atom.